The molecule has 0 radical (unpaired) electrons. The molecule has 0 spiro atoms. The summed E-state index contributed by atoms with van der Waals surface area (Å²) in [5.74, 6) is 0.351. The third-order valence-electron chi connectivity index (χ3n) is 5.24. The predicted octanol–water partition coefficient (Wildman–Crippen LogP) is 3.83. The predicted molar refractivity (Wildman–Crippen MR) is 94.1 cm³/mol. The van der Waals surface area contributed by atoms with Gasteiger partial charge in [-0.05, 0) is 45.1 Å². The maximum absolute atomic E-state index is 13.0. The Labute approximate surface area is 140 Å². The zero-order valence-electron chi connectivity index (χ0n) is 14.6. The van der Waals surface area contributed by atoms with Gasteiger partial charge in [0.05, 0.1) is 6.54 Å². The number of amides is 1. The first-order valence-electron chi connectivity index (χ1n) is 9.24. The highest BCUT2D eigenvalue weighted by atomic mass is 16.2. The lowest BCUT2D eigenvalue weighted by Gasteiger charge is -2.33. The summed E-state index contributed by atoms with van der Waals surface area (Å²) in [6.07, 6.45) is 7.43. The molecule has 0 aromatic heterocycles. The van der Waals surface area contributed by atoms with Gasteiger partial charge in [-0.25, -0.2) is 0 Å². The van der Waals surface area contributed by atoms with Gasteiger partial charge in [0.25, 0.3) is 0 Å². The second-order valence-electron chi connectivity index (χ2n) is 7.45. The number of hydrogen-bond donors (Lipinski definition) is 0. The van der Waals surface area contributed by atoms with Gasteiger partial charge in [-0.1, -0.05) is 43.2 Å². The Morgan fingerprint density at radius 3 is 2.22 bits per heavy atom. The average Bonchev–Trinajstić information content (AvgIpc) is 3.22. The lowest BCUT2D eigenvalue weighted by Crippen LogP contribution is -2.47. The minimum atomic E-state index is 0.351. The normalized spacial score (nSPS) is 18.8. The molecule has 1 amide bonds. The van der Waals surface area contributed by atoms with Crippen LogP contribution in [0.2, 0.25) is 0 Å². The smallest absolute Gasteiger partial charge is 0.237 e. The van der Waals surface area contributed by atoms with E-state index in [0.29, 0.717) is 30.6 Å². The van der Waals surface area contributed by atoms with Crippen molar-refractivity contribution in [3.05, 3.63) is 35.9 Å². The van der Waals surface area contributed by atoms with E-state index < -0.39 is 0 Å². The molecule has 2 fully saturated rings. The van der Waals surface area contributed by atoms with E-state index in [1.165, 1.54) is 44.1 Å². The van der Waals surface area contributed by atoms with Crippen LogP contribution in [0.1, 0.15) is 57.9 Å². The van der Waals surface area contributed by atoms with Gasteiger partial charge in [0.1, 0.15) is 0 Å². The van der Waals surface area contributed by atoms with Crippen LogP contribution in [0.3, 0.4) is 0 Å². The van der Waals surface area contributed by atoms with Crippen LogP contribution in [0.5, 0.6) is 0 Å². The maximum atomic E-state index is 13.0. The average molecular weight is 314 g/mol. The van der Waals surface area contributed by atoms with E-state index >= 15 is 0 Å². The summed E-state index contributed by atoms with van der Waals surface area (Å²) in [6, 6.07) is 11.9. The Hall–Kier alpha value is -1.35. The molecule has 3 nitrogen and oxygen atoms in total. The Bertz CT molecular complexity index is 504. The molecule has 0 aliphatic heterocycles. The van der Waals surface area contributed by atoms with Crippen molar-refractivity contribution < 1.29 is 4.79 Å². The summed E-state index contributed by atoms with van der Waals surface area (Å²) < 4.78 is 0. The van der Waals surface area contributed by atoms with Gasteiger partial charge in [-0.2, -0.15) is 0 Å². The van der Waals surface area contributed by atoms with Crippen LogP contribution in [0.4, 0.5) is 0 Å². The van der Waals surface area contributed by atoms with Gasteiger partial charge in [-0.3, -0.25) is 9.69 Å². The monoisotopic (exact) mass is 314 g/mol. The molecule has 23 heavy (non-hydrogen) atoms. The molecule has 2 aliphatic rings. The van der Waals surface area contributed by atoms with E-state index in [2.05, 4.69) is 47.9 Å². The Kier molecular flexibility index (Phi) is 5.37. The number of hydrogen-bond acceptors (Lipinski definition) is 2. The fraction of sp³-hybridized carbons (Fsp3) is 0.650. The standard InChI is InChI=1S/C20H30N2O/c1-16(2)21(14-17-8-4-3-5-9-17)15-20(23)22(19-12-13-19)18-10-6-7-11-18/h3-5,8-9,16,18-19H,6-7,10-15H2,1-2H3. The summed E-state index contributed by atoms with van der Waals surface area (Å²) in [5, 5.41) is 0. The van der Waals surface area contributed by atoms with Gasteiger partial charge in [0.2, 0.25) is 5.91 Å². The first kappa shape index (κ1) is 16.5. The lowest BCUT2D eigenvalue weighted by molar-refractivity contribution is -0.136. The van der Waals surface area contributed by atoms with E-state index in [1.807, 2.05) is 6.07 Å². The number of nitrogens with zero attached hydrogens (tertiary/aromatic N) is 2. The van der Waals surface area contributed by atoms with Crippen LogP contribution in [0, 0.1) is 0 Å². The summed E-state index contributed by atoms with van der Waals surface area (Å²) in [4.78, 5) is 17.6. The Morgan fingerprint density at radius 2 is 1.65 bits per heavy atom. The van der Waals surface area contributed by atoms with E-state index in [0.717, 1.165) is 6.54 Å². The lowest BCUT2D eigenvalue weighted by atomic mass is 10.1. The molecular formula is C20H30N2O. The van der Waals surface area contributed by atoms with Crippen molar-refractivity contribution in [1.29, 1.82) is 0 Å². The van der Waals surface area contributed by atoms with Crippen molar-refractivity contribution in [2.24, 2.45) is 0 Å². The Balaban J connectivity index is 1.64. The molecule has 0 bridgehead atoms. The van der Waals surface area contributed by atoms with Crippen molar-refractivity contribution in [2.45, 2.75) is 77.0 Å². The summed E-state index contributed by atoms with van der Waals surface area (Å²) in [5.41, 5.74) is 1.29. The van der Waals surface area contributed by atoms with Crippen LogP contribution in [-0.4, -0.2) is 40.4 Å². The fourth-order valence-corrected chi connectivity index (χ4v) is 3.73. The molecule has 1 aromatic carbocycles. The van der Waals surface area contributed by atoms with Crippen LogP contribution < -0.4 is 0 Å². The Morgan fingerprint density at radius 1 is 1.04 bits per heavy atom. The zero-order chi connectivity index (χ0) is 16.2. The van der Waals surface area contributed by atoms with Gasteiger partial charge in [0, 0.05) is 24.7 Å². The van der Waals surface area contributed by atoms with E-state index in [9.17, 15) is 4.79 Å². The zero-order valence-corrected chi connectivity index (χ0v) is 14.6. The molecule has 3 rings (SSSR count). The van der Waals surface area contributed by atoms with Crippen LogP contribution in [0.25, 0.3) is 0 Å². The minimum absolute atomic E-state index is 0.351. The molecule has 126 valence electrons. The van der Waals surface area contributed by atoms with Crippen LogP contribution in [-0.2, 0) is 11.3 Å². The first-order chi connectivity index (χ1) is 11.1. The van der Waals surface area contributed by atoms with Crippen LogP contribution >= 0.6 is 0 Å². The third kappa shape index (κ3) is 4.35. The molecular weight excluding hydrogens is 284 g/mol. The number of carbonyl (C=O) groups is 1. The number of rotatable bonds is 7. The number of carbonyl (C=O) groups excluding carboxylic acids is 1. The molecule has 2 saturated carbocycles. The van der Waals surface area contributed by atoms with Crippen LogP contribution in [0.15, 0.2) is 30.3 Å². The second-order valence-corrected chi connectivity index (χ2v) is 7.45. The molecule has 0 unspecified atom stereocenters. The van der Waals surface area contributed by atoms with Gasteiger partial charge in [-0.15, -0.1) is 0 Å². The van der Waals surface area contributed by atoms with Crippen molar-refractivity contribution >= 4 is 5.91 Å². The minimum Gasteiger partial charge on any atom is -0.336 e. The highest BCUT2D eigenvalue weighted by Crippen LogP contribution is 2.34. The number of benzene rings is 1. The van der Waals surface area contributed by atoms with E-state index in [-0.39, 0.29) is 0 Å². The van der Waals surface area contributed by atoms with Gasteiger partial charge >= 0.3 is 0 Å². The van der Waals surface area contributed by atoms with Crippen molar-refractivity contribution in [3.63, 3.8) is 0 Å². The molecule has 0 N–H and O–H groups in total. The quantitative estimate of drug-likeness (QED) is 0.763. The van der Waals surface area contributed by atoms with Crippen molar-refractivity contribution in [2.75, 3.05) is 6.54 Å². The second kappa shape index (κ2) is 7.48. The molecule has 2 aliphatic carbocycles. The molecule has 0 heterocycles. The molecule has 0 saturated heterocycles. The van der Waals surface area contributed by atoms with Crippen molar-refractivity contribution in [3.8, 4) is 0 Å². The molecule has 1 aromatic rings. The maximum Gasteiger partial charge on any atom is 0.237 e. The fourth-order valence-electron chi connectivity index (χ4n) is 3.73. The largest absolute Gasteiger partial charge is 0.336 e. The third-order valence-corrected chi connectivity index (χ3v) is 5.24. The first-order valence-corrected chi connectivity index (χ1v) is 9.24. The van der Waals surface area contributed by atoms with Gasteiger partial charge in [0.15, 0.2) is 0 Å². The summed E-state index contributed by atoms with van der Waals surface area (Å²) in [7, 11) is 0. The van der Waals surface area contributed by atoms with E-state index in [4.69, 9.17) is 0 Å². The highest BCUT2D eigenvalue weighted by Gasteiger charge is 2.38. The molecule has 3 heteroatoms. The van der Waals surface area contributed by atoms with Gasteiger partial charge < -0.3 is 4.90 Å². The van der Waals surface area contributed by atoms with E-state index in [1.54, 1.807) is 0 Å². The van der Waals surface area contributed by atoms with Crippen molar-refractivity contribution in [1.82, 2.24) is 9.80 Å². The highest BCUT2D eigenvalue weighted by molar-refractivity contribution is 5.79. The summed E-state index contributed by atoms with van der Waals surface area (Å²) in [6.45, 7) is 5.79. The topological polar surface area (TPSA) is 23.6 Å². The SMILES string of the molecule is CC(C)N(CC(=O)N(C1CCCC1)C1CC1)Cc1ccccc1. The summed E-state index contributed by atoms with van der Waals surface area (Å²) >= 11 is 0. The molecule has 0 atom stereocenters.